The van der Waals surface area contributed by atoms with Gasteiger partial charge in [-0.3, -0.25) is 4.79 Å². The fourth-order valence-electron chi connectivity index (χ4n) is 3.44. The molecule has 1 aromatic heterocycles. The van der Waals surface area contributed by atoms with Crippen LogP contribution in [-0.4, -0.2) is 39.5 Å². The molecular weight excluding hydrogens is 431 g/mol. The molecule has 0 N–H and O–H groups in total. The molecule has 0 atom stereocenters. The first-order valence-electron chi connectivity index (χ1n) is 9.50. The van der Waals surface area contributed by atoms with Crippen molar-refractivity contribution in [3.63, 3.8) is 0 Å². The Bertz CT molecular complexity index is 1120. The van der Waals surface area contributed by atoms with Crippen molar-refractivity contribution in [2.24, 2.45) is 0 Å². The van der Waals surface area contributed by atoms with Crippen LogP contribution in [0.25, 0.3) is 16.9 Å². The Morgan fingerprint density at radius 3 is 2.39 bits per heavy atom. The fraction of sp³-hybridized carbons (Fsp3) is 0.273. The summed E-state index contributed by atoms with van der Waals surface area (Å²) in [7, 11) is 0. The first-order chi connectivity index (χ1) is 14.6. The molecule has 0 saturated carbocycles. The molecule has 3 aromatic rings. The topological polar surface area (TPSA) is 47.4 Å². The minimum Gasteiger partial charge on any atom is -0.359 e. The molecule has 2 heterocycles. The molecular formula is C22H19ClF3N3O2. The van der Waals surface area contributed by atoms with Crippen molar-refractivity contribution in [3.05, 3.63) is 70.9 Å². The van der Waals surface area contributed by atoms with Crippen LogP contribution in [0.2, 0.25) is 5.02 Å². The number of halogens is 4. The van der Waals surface area contributed by atoms with Crippen LogP contribution in [0.5, 0.6) is 0 Å². The molecule has 1 saturated heterocycles. The number of nitrogens with zero attached hydrogens (tertiary/aromatic N) is 3. The summed E-state index contributed by atoms with van der Waals surface area (Å²) >= 11 is 6.20. The molecule has 1 fully saturated rings. The molecule has 9 heteroatoms. The summed E-state index contributed by atoms with van der Waals surface area (Å²) in [6.07, 6.45) is -4.61. The summed E-state index contributed by atoms with van der Waals surface area (Å²) in [5, 5.41) is 4.01. The van der Waals surface area contributed by atoms with Gasteiger partial charge in [-0.15, -0.1) is 0 Å². The van der Waals surface area contributed by atoms with Crippen molar-refractivity contribution in [2.75, 3.05) is 13.3 Å². The van der Waals surface area contributed by atoms with Crippen LogP contribution < -0.4 is 0 Å². The molecule has 31 heavy (non-hydrogen) atoms. The van der Waals surface area contributed by atoms with E-state index in [-0.39, 0.29) is 23.4 Å². The van der Waals surface area contributed by atoms with Crippen molar-refractivity contribution in [1.29, 1.82) is 0 Å². The zero-order valence-electron chi connectivity index (χ0n) is 16.8. The molecule has 4 rings (SSSR count). The second kappa shape index (κ2) is 7.69. The Morgan fingerprint density at radius 1 is 1.13 bits per heavy atom. The summed E-state index contributed by atoms with van der Waals surface area (Å²) < 4.78 is 46.6. The molecule has 1 aliphatic rings. The lowest BCUT2D eigenvalue weighted by Gasteiger charge is -2.29. The molecule has 2 aromatic carbocycles. The highest BCUT2D eigenvalue weighted by molar-refractivity contribution is 6.32. The molecule has 0 aliphatic carbocycles. The van der Waals surface area contributed by atoms with Crippen molar-refractivity contribution < 1.29 is 22.7 Å². The zero-order chi connectivity index (χ0) is 22.4. The second-order valence-electron chi connectivity index (χ2n) is 7.88. The van der Waals surface area contributed by atoms with Gasteiger partial charge in [-0.1, -0.05) is 35.9 Å². The molecule has 0 bridgehead atoms. The maximum absolute atomic E-state index is 13.4. The quantitative estimate of drug-likeness (QED) is 0.536. The van der Waals surface area contributed by atoms with E-state index in [2.05, 4.69) is 5.10 Å². The van der Waals surface area contributed by atoms with E-state index in [1.165, 1.54) is 4.68 Å². The first kappa shape index (κ1) is 21.4. The van der Waals surface area contributed by atoms with Crippen molar-refractivity contribution >= 4 is 17.5 Å². The number of carbonyl (C=O) groups is 1. The van der Waals surface area contributed by atoms with Gasteiger partial charge in [0.2, 0.25) is 0 Å². The van der Waals surface area contributed by atoms with Crippen LogP contribution in [0.3, 0.4) is 0 Å². The van der Waals surface area contributed by atoms with Crippen molar-refractivity contribution in [3.8, 4) is 16.9 Å². The van der Waals surface area contributed by atoms with E-state index in [0.717, 1.165) is 6.07 Å². The number of para-hydroxylation sites is 1. The SMILES string of the molecule is CC1(C)COCN1C(=O)c1ccc(-c2cc(C(F)(F)F)nn2-c2ccccc2Cl)cc1. The highest BCUT2D eigenvalue weighted by Crippen LogP contribution is 2.35. The number of carbonyl (C=O) groups excluding carboxylic acids is 1. The number of aromatic nitrogens is 2. The summed E-state index contributed by atoms with van der Waals surface area (Å²) in [5.41, 5.74) is -0.0350. The monoisotopic (exact) mass is 449 g/mol. The van der Waals surface area contributed by atoms with Crippen molar-refractivity contribution in [1.82, 2.24) is 14.7 Å². The molecule has 0 unspecified atom stereocenters. The van der Waals surface area contributed by atoms with Gasteiger partial charge in [-0.05, 0) is 44.2 Å². The largest absolute Gasteiger partial charge is 0.435 e. The number of alkyl halides is 3. The number of amides is 1. The third-order valence-corrected chi connectivity index (χ3v) is 5.48. The Hall–Kier alpha value is -2.84. The van der Waals surface area contributed by atoms with Gasteiger partial charge in [0.25, 0.3) is 5.91 Å². The van der Waals surface area contributed by atoms with E-state index in [4.69, 9.17) is 16.3 Å². The van der Waals surface area contributed by atoms with Gasteiger partial charge in [0.05, 0.1) is 28.5 Å². The Balaban J connectivity index is 1.74. The maximum atomic E-state index is 13.4. The Kier molecular flexibility index (Phi) is 5.31. The lowest BCUT2D eigenvalue weighted by molar-refractivity contribution is -0.141. The maximum Gasteiger partial charge on any atom is 0.435 e. The number of hydrogen-bond acceptors (Lipinski definition) is 3. The normalized spacial score (nSPS) is 16.0. The Morgan fingerprint density at radius 2 is 1.81 bits per heavy atom. The predicted molar refractivity (Wildman–Crippen MR) is 110 cm³/mol. The third-order valence-electron chi connectivity index (χ3n) is 5.16. The molecule has 0 spiro atoms. The average molecular weight is 450 g/mol. The van der Waals surface area contributed by atoms with E-state index < -0.39 is 17.4 Å². The van der Waals surface area contributed by atoms with Crippen molar-refractivity contribution in [2.45, 2.75) is 25.6 Å². The van der Waals surface area contributed by atoms with Crippen LogP contribution in [-0.2, 0) is 10.9 Å². The highest BCUT2D eigenvalue weighted by Gasteiger charge is 2.37. The van der Waals surface area contributed by atoms with Crippen LogP contribution >= 0.6 is 11.6 Å². The van der Waals surface area contributed by atoms with Crippen LogP contribution in [0, 0.1) is 0 Å². The highest BCUT2D eigenvalue weighted by atomic mass is 35.5. The van der Waals surface area contributed by atoms with Crippen LogP contribution in [0.15, 0.2) is 54.6 Å². The summed E-state index contributed by atoms with van der Waals surface area (Å²) in [6.45, 7) is 4.45. The second-order valence-corrected chi connectivity index (χ2v) is 8.28. The minimum absolute atomic E-state index is 0.196. The third kappa shape index (κ3) is 4.05. The standard InChI is InChI=1S/C22H19ClF3N3O2/c1-21(2)12-31-13-28(21)20(30)15-9-7-14(8-10-15)18-11-19(22(24,25)26)27-29(18)17-6-4-3-5-16(17)23/h3-11H,12-13H2,1-2H3. The Labute approximate surface area is 182 Å². The number of ether oxygens (including phenoxy) is 1. The lowest BCUT2D eigenvalue weighted by atomic mass is 10.0. The van der Waals surface area contributed by atoms with Gasteiger partial charge in [-0.25, -0.2) is 4.68 Å². The van der Waals surface area contributed by atoms with Gasteiger partial charge in [0.15, 0.2) is 5.69 Å². The smallest absolute Gasteiger partial charge is 0.359 e. The fourth-order valence-corrected chi connectivity index (χ4v) is 3.66. The van der Waals surface area contributed by atoms with Gasteiger partial charge in [-0.2, -0.15) is 18.3 Å². The number of hydrogen-bond donors (Lipinski definition) is 0. The average Bonchev–Trinajstić information content (AvgIpc) is 3.31. The van der Waals surface area contributed by atoms with Gasteiger partial charge < -0.3 is 9.64 Å². The van der Waals surface area contributed by atoms with Gasteiger partial charge >= 0.3 is 6.18 Å². The van der Waals surface area contributed by atoms with E-state index >= 15 is 0 Å². The molecule has 1 aliphatic heterocycles. The lowest BCUT2D eigenvalue weighted by Crippen LogP contribution is -2.44. The number of rotatable bonds is 3. The van der Waals surface area contributed by atoms with Gasteiger partial charge in [0, 0.05) is 11.1 Å². The summed E-state index contributed by atoms with van der Waals surface area (Å²) in [6, 6.07) is 13.9. The molecule has 0 radical (unpaired) electrons. The van der Waals surface area contributed by atoms with E-state index in [1.54, 1.807) is 53.4 Å². The molecule has 5 nitrogen and oxygen atoms in total. The summed E-state index contributed by atoms with van der Waals surface area (Å²) in [5.74, 6) is -0.204. The van der Waals surface area contributed by atoms with E-state index in [0.29, 0.717) is 23.4 Å². The predicted octanol–water partition coefficient (Wildman–Crippen LogP) is 5.42. The minimum atomic E-state index is -4.61. The zero-order valence-corrected chi connectivity index (χ0v) is 17.5. The first-order valence-corrected chi connectivity index (χ1v) is 9.88. The van der Waals surface area contributed by atoms with Crippen LogP contribution in [0.1, 0.15) is 29.9 Å². The van der Waals surface area contributed by atoms with Crippen LogP contribution in [0.4, 0.5) is 13.2 Å². The van der Waals surface area contributed by atoms with E-state index in [1.807, 2.05) is 13.8 Å². The summed E-state index contributed by atoms with van der Waals surface area (Å²) in [4.78, 5) is 14.5. The number of benzene rings is 2. The van der Waals surface area contributed by atoms with E-state index in [9.17, 15) is 18.0 Å². The molecule has 162 valence electrons. The molecule has 1 amide bonds. The van der Waals surface area contributed by atoms with Gasteiger partial charge in [0.1, 0.15) is 6.73 Å².